The Bertz CT molecular complexity index is 633. The highest BCUT2D eigenvalue weighted by Gasteiger charge is 2.19. The predicted octanol–water partition coefficient (Wildman–Crippen LogP) is 1.09. The summed E-state index contributed by atoms with van der Waals surface area (Å²) < 4.78 is 1.66. The van der Waals surface area contributed by atoms with Crippen molar-refractivity contribution in [1.29, 1.82) is 0 Å². The molecule has 0 aromatic carbocycles. The van der Waals surface area contributed by atoms with Crippen LogP contribution in [0.3, 0.4) is 0 Å². The molecule has 0 aliphatic heterocycles. The summed E-state index contributed by atoms with van der Waals surface area (Å²) in [4.78, 5) is 16.5. The van der Waals surface area contributed by atoms with Crippen molar-refractivity contribution in [1.82, 2.24) is 19.9 Å². The number of hydrogen-bond donors (Lipinski definition) is 2. The maximum atomic E-state index is 12.3. The first-order valence-electron chi connectivity index (χ1n) is 6.67. The van der Waals surface area contributed by atoms with Gasteiger partial charge in [0.15, 0.2) is 5.65 Å². The largest absolute Gasteiger partial charge is 0.394 e. The molecular formula is C14H20N4O2. The van der Waals surface area contributed by atoms with Crippen LogP contribution in [0.25, 0.3) is 5.65 Å². The standard InChI is InChI=1S/C14H20N4O2/c1-8(2)12(7-19)16-14(20)11-6-15-13-5-9(3)17-18(13)10(11)4/h5-6,8,12,19H,7H2,1-4H3,(H,16,20). The van der Waals surface area contributed by atoms with E-state index in [4.69, 9.17) is 0 Å². The van der Waals surface area contributed by atoms with E-state index in [0.717, 1.165) is 17.0 Å². The quantitative estimate of drug-likeness (QED) is 0.876. The molecule has 6 nitrogen and oxygen atoms in total. The molecule has 0 radical (unpaired) electrons. The van der Waals surface area contributed by atoms with Gasteiger partial charge in [-0.15, -0.1) is 0 Å². The highest BCUT2D eigenvalue weighted by Crippen LogP contribution is 2.12. The molecule has 1 atom stereocenters. The van der Waals surface area contributed by atoms with E-state index >= 15 is 0 Å². The molecular weight excluding hydrogens is 256 g/mol. The zero-order valence-electron chi connectivity index (χ0n) is 12.2. The summed E-state index contributed by atoms with van der Waals surface area (Å²) >= 11 is 0. The van der Waals surface area contributed by atoms with Crippen molar-refractivity contribution in [3.63, 3.8) is 0 Å². The van der Waals surface area contributed by atoms with E-state index in [1.807, 2.05) is 33.8 Å². The second kappa shape index (κ2) is 5.58. The van der Waals surface area contributed by atoms with E-state index in [2.05, 4.69) is 15.4 Å². The lowest BCUT2D eigenvalue weighted by molar-refractivity contribution is 0.0895. The van der Waals surface area contributed by atoms with Gasteiger partial charge < -0.3 is 10.4 Å². The first-order valence-corrected chi connectivity index (χ1v) is 6.67. The average Bonchev–Trinajstić information content (AvgIpc) is 2.77. The number of aryl methyl sites for hydroxylation is 2. The average molecular weight is 276 g/mol. The Morgan fingerprint density at radius 3 is 2.75 bits per heavy atom. The van der Waals surface area contributed by atoms with Gasteiger partial charge in [-0.05, 0) is 19.8 Å². The van der Waals surface area contributed by atoms with E-state index in [-0.39, 0.29) is 24.5 Å². The van der Waals surface area contributed by atoms with Crippen LogP contribution >= 0.6 is 0 Å². The summed E-state index contributed by atoms with van der Waals surface area (Å²) in [5.41, 5.74) is 2.79. The van der Waals surface area contributed by atoms with Gasteiger partial charge in [-0.2, -0.15) is 5.10 Å². The Kier molecular flexibility index (Phi) is 4.04. The fourth-order valence-corrected chi connectivity index (χ4v) is 2.05. The number of aromatic nitrogens is 3. The van der Waals surface area contributed by atoms with Crippen molar-refractivity contribution >= 4 is 11.6 Å². The summed E-state index contributed by atoms with van der Waals surface area (Å²) in [6, 6.07) is 1.59. The summed E-state index contributed by atoms with van der Waals surface area (Å²) in [6.07, 6.45) is 1.55. The number of carbonyl (C=O) groups is 1. The van der Waals surface area contributed by atoms with Crippen LogP contribution in [0.15, 0.2) is 12.3 Å². The number of hydrogen-bond acceptors (Lipinski definition) is 4. The third-order valence-electron chi connectivity index (χ3n) is 3.41. The molecule has 0 fully saturated rings. The van der Waals surface area contributed by atoms with Gasteiger partial charge in [-0.1, -0.05) is 13.8 Å². The molecule has 0 bridgehead atoms. The maximum Gasteiger partial charge on any atom is 0.255 e. The van der Waals surface area contributed by atoms with Gasteiger partial charge in [-0.25, -0.2) is 9.50 Å². The highest BCUT2D eigenvalue weighted by atomic mass is 16.3. The van der Waals surface area contributed by atoms with Crippen LogP contribution in [-0.2, 0) is 0 Å². The first kappa shape index (κ1) is 14.5. The van der Waals surface area contributed by atoms with Crippen molar-refractivity contribution in [2.24, 2.45) is 5.92 Å². The van der Waals surface area contributed by atoms with Gasteiger partial charge in [0, 0.05) is 12.3 Å². The minimum absolute atomic E-state index is 0.0843. The van der Waals surface area contributed by atoms with Crippen LogP contribution in [0.4, 0.5) is 0 Å². The van der Waals surface area contributed by atoms with Gasteiger partial charge >= 0.3 is 0 Å². The number of aliphatic hydroxyl groups is 1. The highest BCUT2D eigenvalue weighted by molar-refractivity contribution is 5.95. The van der Waals surface area contributed by atoms with E-state index < -0.39 is 0 Å². The summed E-state index contributed by atoms with van der Waals surface area (Å²) in [6.45, 7) is 7.53. The molecule has 0 aliphatic rings. The van der Waals surface area contributed by atoms with Gasteiger partial charge in [0.1, 0.15) is 0 Å². The molecule has 0 saturated heterocycles. The monoisotopic (exact) mass is 276 g/mol. The molecule has 0 spiro atoms. The third kappa shape index (κ3) is 2.65. The molecule has 6 heteroatoms. The Morgan fingerprint density at radius 2 is 2.15 bits per heavy atom. The van der Waals surface area contributed by atoms with Crippen molar-refractivity contribution in [3.05, 3.63) is 29.2 Å². The number of rotatable bonds is 4. The maximum absolute atomic E-state index is 12.3. The molecule has 2 rings (SSSR count). The van der Waals surface area contributed by atoms with Crippen LogP contribution in [0.2, 0.25) is 0 Å². The van der Waals surface area contributed by atoms with E-state index in [1.165, 1.54) is 0 Å². The number of carbonyl (C=O) groups excluding carboxylic acids is 1. The summed E-state index contributed by atoms with van der Waals surface area (Å²) in [5.74, 6) is -0.0781. The minimum Gasteiger partial charge on any atom is -0.394 e. The van der Waals surface area contributed by atoms with Crippen LogP contribution < -0.4 is 5.32 Å². The minimum atomic E-state index is -0.267. The van der Waals surface area contributed by atoms with Crippen LogP contribution in [-0.4, -0.2) is 38.3 Å². The predicted molar refractivity (Wildman–Crippen MR) is 75.6 cm³/mol. The Labute approximate surface area is 117 Å². The molecule has 1 amide bonds. The fraction of sp³-hybridized carbons (Fsp3) is 0.500. The summed E-state index contributed by atoms with van der Waals surface area (Å²) in [5, 5.41) is 16.4. The molecule has 2 aromatic heterocycles. The van der Waals surface area contributed by atoms with Gasteiger partial charge in [0.2, 0.25) is 0 Å². The number of nitrogens with zero attached hydrogens (tertiary/aromatic N) is 3. The number of amides is 1. The lowest BCUT2D eigenvalue weighted by Gasteiger charge is -2.20. The smallest absolute Gasteiger partial charge is 0.255 e. The zero-order valence-corrected chi connectivity index (χ0v) is 12.2. The molecule has 0 saturated carbocycles. The second-order valence-electron chi connectivity index (χ2n) is 5.32. The van der Waals surface area contributed by atoms with Crippen molar-refractivity contribution in [2.45, 2.75) is 33.7 Å². The number of fused-ring (bicyclic) bond motifs is 1. The molecule has 2 heterocycles. The summed E-state index contributed by atoms with van der Waals surface area (Å²) in [7, 11) is 0. The van der Waals surface area contributed by atoms with E-state index in [1.54, 1.807) is 10.7 Å². The van der Waals surface area contributed by atoms with E-state index in [9.17, 15) is 9.90 Å². The Balaban J connectivity index is 2.32. The van der Waals surface area contributed by atoms with Crippen LogP contribution in [0.5, 0.6) is 0 Å². The fourth-order valence-electron chi connectivity index (χ4n) is 2.05. The molecule has 1 unspecified atom stereocenters. The SMILES string of the molecule is Cc1cc2ncc(C(=O)NC(CO)C(C)C)c(C)n2n1. The molecule has 2 aromatic rings. The second-order valence-corrected chi connectivity index (χ2v) is 5.32. The van der Waals surface area contributed by atoms with Crippen LogP contribution in [0, 0.1) is 19.8 Å². The van der Waals surface area contributed by atoms with Gasteiger partial charge in [-0.3, -0.25) is 4.79 Å². The van der Waals surface area contributed by atoms with Crippen molar-refractivity contribution in [3.8, 4) is 0 Å². The lowest BCUT2D eigenvalue weighted by atomic mass is 10.0. The first-order chi connectivity index (χ1) is 9.43. The third-order valence-corrected chi connectivity index (χ3v) is 3.41. The molecule has 20 heavy (non-hydrogen) atoms. The molecule has 0 aliphatic carbocycles. The number of aliphatic hydroxyl groups excluding tert-OH is 1. The van der Waals surface area contributed by atoms with Crippen molar-refractivity contribution < 1.29 is 9.90 Å². The number of nitrogens with one attached hydrogen (secondary N) is 1. The van der Waals surface area contributed by atoms with Gasteiger partial charge in [0.05, 0.1) is 29.6 Å². The normalized spacial score (nSPS) is 12.9. The zero-order chi connectivity index (χ0) is 14.9. The van der Waals surface area contributed by atoms with Crippen LogP contribution in [0.1, 0.15) is 35.6 Å². The Hall–Kier alpha value is -1.95. The molecule has 108 valence electrons. The topological polar surface area (TPSA) is 79.5 Å². The lowest BCUT2D eigenvalue weighted by Crippen LogP contribution is -2.41. The van der Waals surface area contributed by atoms with Crippen molar-refractivity contribution in [2.75, 3.05) is 6.61 Å². The van der Waals surface area contributed by atoms with Gasteiger partial charge in [0.25, 0.3) is 5.91 Å². The Morgan fingerprint density at radius 1 is 1.45 bits per heavy atom. The molecule has 2 N–H and O–H groups in total. The van der Waals surface area contributed by atoms with E-state index in [0.29, 0.717) is 5.56 Å².